The molecule has 0 atom stereocenters. The van der Waals surface area contributed by atoms with Gasteiger partial charge in [0.2, 0.25) is 5.75 Å². The van der Waals surface area contributed by atoms with Crippen molar-refractivity contribution in [2.24, 2.45) is 0 Å². The molecule has 0 spiro atoms. The van der Waals surface area contributed by atoms with Gasteiger partial charge in [-0.05, 0) is 54.7 Å². The van der Waals surface area contributed by atoms with Crippen molar-refractivity contribution in [3.8, 4) is 28.7 Å². The van der Waals surface area contributed by atoms with E-state index in [4.69, 9.17) is 19.3 Å². The number of benzene rings is 2. The molecule has 0 unspecified atom stereocenters. The van der Waals surface area contributed by atoms with Crippen molar-refractivity contribution >= 4 is 0 Å². The Morgan fingerprint density at radius 2 is 1.52 bits per heavy atom. The van der Waals surface area contributed by atoms with Crippen LogP contribution in [0.5, 0.6) is 28.7 Å². The Balaban J connectivity index is 2.33. The van der Waals surface area contributed by atoms with E-state index in [0.717, 1.165) is 30.4 Å². The third kappa shape index (κ3) is 4.79. The summed E-state index contributed by atoms with van der Waals surface area (Å²) in [5, 5.41) is 19.3. The second-order valence-electron chi connectivity index (χ2n) is 5.81. The molecular weight excluding hydrogens is 320 g/mol. The largest absolute Gasteiger partial charge is 0.502 e. The van der Waals surface area contributed by atoms with E-state index < -0.39 is 0 Å². The van der Waals surface area contributed by atoms with Crippen LogP contribution in [0.2, 0.25) is 0 Å². The van der Waals surface area contributed by atoms with Gasteiger partial charge in [-0.1, -0.05) is 19.4 Å². The summed E-state index contributed by atoms with van der Waals surface area (Å²) in [5.41, 5.74) is 2.09. The van der Waals surface area contributed by atoms with E-state index in [0.29, 0.717) is 29.4 Å². The second kappa shape index (κ2) is 9.18. The molecule has 5 nitrogen and oxygen atoms in total. The predicted octanol–water partition coefficient (Wildman–Crippen LogP) is 4.08. The van der Waals surface area contributed by atoms with E-state index in [-0.39, 0.29) is 12.4 Å². The van der Waals surface area contributed by atoms with Crippen molar-refractivity contribution in [1.29, 1.82) is 0 Å². The van der Waals surface area contributed by atoms with Crippen LogP contribution in [-0.4, -0.2) is 31.0 Å². The lowest BCUT2D eigenvalue weighted by Gasteiger charge is -2.15. The molecule has 0 radical (unpaired) electrons. The number of phenolic OH excluding ortho intramolecular Hbond substituents is 1. The molecule has 0 aromatic heterocycles. The normalized spacial score (nSPS) is 10.6. The zero-order valence-electron chi connectivity index (χ0n) is 15.0. The smallest absolute Gasteiger partial charge is 0.201 e. The molecule has 25 heavy (non-hydrogen) atoms. The molecule has 136 valence electrons. The molecule has 0 saturated heterocycles. The number of phenols is 1. The Morgan fingerprint density at radius 1 is 0.840 bits per heavy atom. The first-order valence-electron chi connectivity index (χ1n) is 8.48. The Labute approximate surface area is 148 Å². The molecule has 0 bridgehead atoms. The zero-order chi connectivity index (χ0) is 18.2. The molecule has 2 aromatic carbocycles. The Bertz CT molecular complexity index is 697. The maximum absolute atomic E-state index is 10.4. The number of ether oxygens (including phenoxy) is 3. The van der Waals surface area contributed by atoms with E-state index >= 15 is 0 Å². The number of aromatic hydroxyl groups is 1. The quantitative estimate of drug-likeness (QED) is 0.716. The van der Waals surface area contributed by atoms with E-state index in [1.807, 2.05) is 30.3 Å². The average molecular weight is 346 g/mol. The van der Waals surface area contributed by atoms with Crippen LogP contribution in [0.3, 0.4) is 0 Å². The maximum Gasteiger partial charge on any atom is 0.201 e. The molecule has 0 aliphatic carbocycles. The second-order valence-corrected chi connectivity index (χ2v) is 5.81. The third-order valence-corrected chi connectivity index (χ3v) is 3.93. The summed E-state index contributed by atoms with van der Waals surface area (Å²) in [4.78, 5) is 0. The molecule has 2 rings (SSSR count). The van der Waals surface area contributed by atoms with Crippen molar-refractivity contribution in [3.05, 3.63) is 41.5 Å². The topological polar surface area (TPSA) is 68.2 Å². The van der Waals surface area contributed by atoms with E-state index in [2.05, 4.69) is 6.92 Å². The predicted molar refractivity (Wildman–Crippen MR) is 97.1 cm³/mol. The van der Waals surface area contributed by atoms with Crippen LogP contribution in [-0.2, 0) is 12.8 Å². The van der Waals surface area contributed by atoms with Crippen LogP contribution in [0.25, 0.3) is 0 Å². The minimum absolute atomic E-state index is 0.0336. The molecule has 2 aromatic rings. The fraction of sp³-hybridized carbons (Fsp3) is 0.400. The summed E-state index contributed by atoms with van der Waals surface area (Å²) in [6, 6.07) is 9.26. The zero-order valence-corrected chi connectivity index (χ0v) is 15.0. The van der Waals surface area contributed by atoms with Crippen molar-refractivity contribution in [3.63, 3.8) is 0 Å². The summed E-state index contributed by atoms with van der Waals surface area (Å²) in [5.74, 6) is 1.79. The van der Waals surface area contributed by atoms with Gasteiger partial charge in [-0.2, -0.15) is 0 Å². The monoisotopic (exact) mass is 346 g/mol. The van der Waals surface area contributed by atoms with Gasteiger partial charge in [-0.3, -0.25) is 0 Å². The molecule has 0 aliphatic heterocycles. The number of hydrogen-bond donors (Lipinski definition) is 2. The lowest BCUT2D eigenvalue weighted by atomic mass is 10.1. The van der Waals surface area contributed by atoms with Crippen LogP contribution in [0, 0.1) is 0 Å². The summed E-state index contributed by atoms with van der Waals surface area (Å²) >= 11 is 0. The van der Waals surface area contributed by atoms with Gasteiger partial charge in [0.15, 0.2) is 23.0 Å². The summed E-state index contributed by atoms with van der Waals surface area (Å²) in [6.45, 7) is 2.24. The van der Waals surface area contributed by atoms with Crippen molar-refractivity contribution in [1.82, 2.24) is 0 Å². The van der Waals surface area contributed by atoms with Gasteiger partial charge in [0, 0.05) is 6.61 Å². The number of aliphatic hydroxyl groups excluding tert-OH is 1. The number of rotatable bonds is 9. The Kier molecular flexibility index (Phi) is 6.95. The van der Waals surface area contributed by atoms with Gasteiger partial charge < -0.3 is 24.4 Å². The highest BCUT2D eigenvalue weighted by molar-refractivity contribution is 5.55. The molecule has 0 aliphatic rings. The number of methoxy groups -OCH3 is 2. The minimum Gasteiger partial charge on any atom is -0.502 e. The Morgan fingerprint density at radius 3 is 2.16 bits per heavy atom. The third-order valence-electron chi connectivity index (χ3n) is 3.93. The highest BCUT2D eigenvalue weighted by Crippen LogP contribution is 2.42. The average Bonchev–Trinajstić information content (AvgIpc) is 2.63. The van der Waals surface area contributed by atoms with Gasteiger partial charge in [0.25, 0.3) is 0 Å². The van der Waals surface area contributed by atoms with E-state index in [1.165, 1.54) is 7.11 Å². The van der Waals surface area contributed by atoms with Crippen LogP contribution in [0.4, 0.5) is 0 Å². The maximum atomic E-state index is 10.4. The molecule has 0 fully saturated rings. The fourth-order valence-electron chi connectivity index (χ4n) is 2.66. The molecule has 0 heterocycles. The van der Waals surface area contributed by atoms with Crippen LogP contribution in [0.15, 0.2) is 30.3 Å². The number of aryl methyl sites for hydroxylation is 2. The summed E-state index contributed by atoms with van der Waals surface area (Å²) < 4.78 is 16.6. The lowest BCUT2D eigenvalue weighted by Crippen LogP contribution is -1.96. The van der Waals surface area contributed by atoms with Gasteiger partial charge in [0.05, 0.1) is 14.2 Å². The van der Waals surface area contributed by atoms with Crippen molar-refractivity contribution < 1.29 is 24.4 Å². The van der Waals surface area contributed by atoms with Crippen LogP contribution >= 0.6 is 0 Å². The minimum atomic E-state index is -0.0336. The SMILES string of the molecule is CCCc1cc(OC)c(O)c(Oc2ccc(CCCO)cc2OC)c1. The first-order valence-corrected chi connectivity index (χ1v) is 8.48. The molecule has 0 saturated carbocycles. The highest BCUT2D eigenvalue weighted by Gasteiger charge is 2.15. The Hall–Kier alpha value is -2.40. The van der Waals surface area contributed by atoms with Crippen LogP contribution < -0.4 is 14.2 Å². The standard InChI is InChI=1S/C20H26O5/c1-4-6-15-12-18(24-3)20(22)19(13-15)25-16-9-8-14(7-5-10-21)11-17(16)23-2/h8-9,11-13,21-22H,4-7,10H2,1-3H3. The number of aliphatic hydroxyl groups is 1. The summed E-state index contributed by atoms with van der Waals surface area (Å²) in [6.07, 6.45) is 3.30. The van der Waals surface area contributed by atoms with E-state index in [1.54, 1.807) is 7.11 Å². The van der Waals surface area contributed by atoms with Gasteiger partial charge in [-0.25, -0.2) is 0 Å². The first-order chi connectivity index (χ1) is 12.1. The molecule has 2 N–H and O–H groups in total. The highest BCUT2D eigenvalue weighted by atomic mass is 16.5. The van der Waals surface area contributed by atoms with Gasteiger partial charge in [-0.15, -0.1) is 0 Å². The first kappa shape index (κ1) is 18.9. The van der Waals surface area contributed by atoms with Gasteiger partial charge >= 0.3 is 0 Å². The van der Waals surface area contributed by atoms with Crippen molar-refractivity contribution in [2.75, 3.05) is 20.8 Å². The van der Waals surface area contributed by atoms with Crippen molar-refractivity contribution in [2.45, 2.75) is 32.6 Å². The number of hydrogen-bond acceptors (Lipinski definition) is 5. The molecular formula is C20H26O5. The van der Waals surface area contributed by atoms with Crippen LogP contribution in [0.1, 0.15) is 30.9 Å². The lowest BCUT2D eigenvalue weighted by molar-refractivity contribution is 0.288. The summed E-state index contributed by atoms with van der Waals surface area (Å²) in [7, 11) is 3.09. The molecule has 0 amide bonds. The fourth-order valence-corrected chi connectivity index (χ4v) is 2.66. The van der Waals surface area contributed by atoms with Gasteiger partial charge in [0.1, 0.15) is 0 Å². The molecule has 5 heteroatoms. The van der Waals surface area contributed by atoms with E-state index in [9.17, 15) is 5.11 Å².